The van der Waals surface area contributed by atoms with Crippen LogP contribution in [0.5, 0.6) is 0 Å². The van der Waals surface area contributed by atoms with Crippen LogP contribution in [0.4, 0.5) is 14.6 Å². The highest BCUT2D eigenvalue weighted by Gasteiger charge is 2.33. The molecule has 128 valence electrons. The number of piperazine rings is 1. The lowest BCUT2D eigenvalue weighted by Gasteiger charge is -2.35. The number of aromatic nitrogens is 1. The molecule has 24 heavy (non-hydrogen) atoms. The fraction of sp³-hybridized carbons (Fsp3) is 0.267. The third-order valence-electron chi connectivity index (χ3n) is 3.79. The summed E-state index contributed by atoms with van der Waals surface area (Å²) in [4.78, 5) is 5.11. The van der Waals surface area contributed by atoms with Gasteiger partial charge in [-0.05, 0) is 24.3 Å². The number of rotatable bonds is 3. The van der Waals surface area contributed by atoms with E-state index < -0.39 is 26.6 Å². The van der Waals surface area contributed by atoms with E-state index in [-0.39, 0.29) is 13.1 Å². The van der Waals surface area contributed by atoms with E-state index in [1.54, 1.807) is 18.3 Å². The van der Waals surface area contributed by atoms with Crippen LogP contribution in [0.15, 0.2) is 41.4 Å². The van der Waals surface area contributed by atoms with Gasteiger partial charge in [-0.15, -0.1) is 0 Å². The summed E-state index contributed by atoms with van der Waals surface area (Å²) in [6.45, 7) is 0.824. The molecule has 0 radical (unpaired) electrons. The molecule has 0 unspecified atom stereocenters. The number of halogens is 3. The first-order valence-electron chi connectivity index (χ1n) is 7.21. The van der Waals surface area contributed by atoms with Gasteiger partial charge in [0.15, 0.2) is 4.90 Å². The van der Waals surface area contributed by atoms with Crippen LogP contribution in [-0.4, -0.2) is 43.9 Å². The predicted molar refractivity (Wildman–Crippen MR) is 86.6 cm³/mol. The van der Waals surface area contributed by atoms with E-state index in [9.17, 15) is 17.2 Å². The Balaban J connectivity index is 1.81. The quantitative estimate of drug-likeness (QED) is 0.829. The van der Waals surface area contributed by atoms with E-state index in [0.29, 0.717) is 23.9 Å². The molecule has 0 amide bonds. The molecule has 2 aromatic rings. The summed E-state index contributed by atoms with van der Waals surface area (Å²) in [5, 5.41) is 0.467. The maximum atomic E-state index is 13.8. The van der Waals surface area contributed by atoms with Gasteiger partial charge in [-0.1, -0.05) is 17.7 Å². The largest absolute Gasteiger partial charge is 0.353 e. The minimum atomic E-state index is -4.24. The Kier molecular flexibility index (Phi) is 4.71. The summed E-state index contributed by atoms with van der Waals surface area (Å²) >= 11 is 6.09. The highest BCUT2D eigenvalue weighted by molar-refractivity contribution is 7.89. The fourth-order valence-electron chi connectivity index (χ4n) is 2.61. The first-order valence-corrected chi connectivity index (χ1v) is 9.02. The third-order valence-corrected chi connectivity index (χ3v) is 6.04. The van der Waals surface area contributed by atoms with E-state index >= 15 is 0 Å². The summed E-state index contributed by atoms with van der Waals surface area (Å²) in [6.07, 6.45) is 1.60. The molecule has 1 aromatic carbocycles. The Bertz CT molecular complexity index is 835. The maximum absolute atomic E-state index is 13.8. The minimum Gasteiger partial charge on any atom is -0.353 e. The van der Waals surface area contributed by atoms with Gasteiger partial charge in [0.05, 0.1) is 5.02 Å². The van der Waals surface area contributed by atoms with Gasteiger partial charge in [-0.25, -0.2) is 22.2 Å². The van der Waals surface area contributed by atoms with Crippen molar-refractivity contribution in [3.05, 3.63) is 53.2 Å². The fourth-order valence-corrected chi connectivity index (χ4v) is 4.38. The van der Waals surface area contributed by atoms with Crippen molar-refractivity contribution in [3.63, 3.8) is 0 Å². The van der Waals surface area contributed by atoms with E-state index in [1.807, 2.05) is 4.90 Å². The molecule has 2 heterocycles. The van der Waals surface area contributed by atoms with Crippen molar-refractivity contribution in [2.45, 2.75) is 4.90 Å². The van der Waals surface area contributed by atoms with Gasteiger partial charge in [0.1, 0.15) is 17.5 Å². The maximum Gasteiger partial charge on any atom is 0.249 e. The Morgan fingerprint density at radius 2 is 1.62 bits per heavy atom. The van der Waals surface area contributed by atoms with E-state index in [1.165, 1.54) is 0 Å². The Labute approximate surface area is 143 Å². The highest BCUT2D eigenvalue weighted by atomic mass is 35.5. The van der Waals surface area contributed by atoms with Crippen LogP contribution >= 0.6 is 11.6 Å². The number of sulfonamides is 1. The second-order valence-corrected chi connectivity index (χ2v) is 7.53. The molecule has 0 aliphatic carbocycles. The number of anilines is 1. The molecule has 1 aliphatic rings. The number of hydrogen-bond acceptors (Lipinski definition) is 4. The van der Waals surface area contributed by atoms with Gasteiger partial charge >= 0.3 is 0 Å². The molecule has 0 atom stereocenters. The first kappa shape index (κ1) is 17.1. The number of nitrogens with zero attached hydrogens (tertiary/aromatic N) is 3. The molecule has 1 saturated heterocycles. The zero-order chi connectivity index (χ0) is 17.3. The van der Waals surface area contributed by atoms with Gasteiger partial charge in [-0.3, -0.25) is 0 Å². The monoisotopic (exact) mass is 373 g/mol. The first-order chi connectivity index (χ1) is 11.4. The van der Waals surface area contributed by atoms with Gasteiger partial charge in [0.25, 0.3) is 0 Å². The van der Waals surface area contributed by atoms with Crippen molar-refractivity contribution in [3.8, 4) is 0 Å². The second-order valence-electron chi connectivity index (χ2n) is 5.25. The summed E-state index contributed by atoms with van der Waals surface area (Å²) in [5.41, 5.74) is 0. The van der Waals surface area contributed by atoms with Crippen LogP contribution in [0.2, 0.25) is 5.02 Å². The van der Waals surface area contributed by atoms with E-state index in [2.05, 4.69) is 4.98 Å². The predicted octanol–water partition coefficient (Wildman–Crippen LogP) is 2.52. The third kappa shape index (κ3) is 3.09. The van der Waals surface area contributed by atoms with Crippen LogP contribution in [0.1, 0.15) is 0 Å². The molecular weight excluding hydrogens is 360 g/mol. The number of pyridine rings is 1. The van der Waals surface area contributed by atoms with Gasteiger partial charge in [0.2, 0.25) is 10.0 Å². The average molecular weight is 374 g/mol. The van der Waals surface area contributed by atoms with Crippen molar-refractivity contribution >= 4 is 27.4 Å². The molecule has 0 bridgehead atoms. The van der Waals surface area contributed by atoms with Crippen molar-refractivity contribution in [1.82, 2.24) is 9.29 Å². The normalized spacial score (nSPS) is 16.4. The van der Waals surface area contributed by atoms with Crippen LogP contribution in [0.25, 0.3) is 0 Å². The lowest BCUT2D eigenvalue weighted by Crippen LogP contribution is -2.49. The van der Waals surface area contributed by atoms with Gasteiger partial charge < -0.3 is 4.90 Å². The van der Waals surface area contributed by atoms with Crippen molar-refractivity contribution in [2.75, 3.05) is 31.1 Å². The highest BCUT2D eigenvalue weighted by Crippen LogP contribution is 2.27. The van der Waals surface area contributed by atoms with Crippen LogP contribution in [-0.2, 0) is 10.0 Å². The molecule has 1 fully saturated rings. The Morgan fingerprint density at radius 3 is 2.21 bits per heavy atom. The molecule has 0 spiro atoms. The zero-order valence-corrected chi connectivity index (χ0v) is 14.1. The van der Waals surface area contributed by atoms with Crippen LogP contribution in [0, 0.1) is 11.6 Å². The molecule has 0 saturated carbocycles. The zero-order valence-electron chi connectivity index (χ0n) is 12.5. The standard InChI is InChI=1S/C15H14ClF2N3O2S/c16-11-3-2-6-19-15(11)20-7-9-21(10-8-20)24(22,23)14-12(17)4-1-5-13(14)18/h1-6H,7-10H2. The summed E-state index contributed by atoms with van der Waals surface area (Å²) < 4.78 is 53.7. The van der Waals surface area contributed by atoms with Crippen LogP contribution in [0.3, 0.4) is 0 Å². The Hall–Kier alpha value is -1.77. The van der Waals surface area contributed by atoms with E-state index in [0.717, 1.165) is 22.5 Å². The molecule has 1 aromatic heterocycles. The smallest absolute Gasteiger partial charge is 0.249 e. The average Bonchev–Trinajstić information content (AvgIpc) is 2.55. The van der Waals surface area contributed by atoms with E-state index in [4.69, 9.17) is 11.6 Å². The molecule has 1 aliphatic heterocycles. The second kappa shape index (κ2) is 6.62. The molecule has 5 nitrogen and oxygen atoms in total. The molecule has 3 rings (SSSR count). The molecular formula is C15H14ClF2N3O2S. The SMILES string of the molecule is O=S(=O)(c1c(F)cccc1F)N1CCN(c2ncccc2Cl)CC1. The van der Waals surface area contributed by atoms with Gasteiger partial charge in [-0.2, -0.15) is 4.31 Å². The minimum absolute atomic E-state index is 0.0863. The Morgan fingerprint density at radius 1 is 1.00 bits per heavy atom. The number of benzene rings is 1. The van der Waals surface area contributed by atoms with Crippen molar-refractivity contribution in [2.24, 2.45) is 0 Å². The van der Waals surface area contributed by atoms with Crippen molar-refractivity contribution in [1.29, 1.82) is 0 Å². The summed E-state index contributed by atoms with van der Waals surface area (Å²) in [7, 11) is -4.24. The van der Waals surface area contributed by atoms with Crippen LogP contribution < -0.4 is 4.90 Å². The van der Waals surface area contributed by atoms with Gasteiger partial charge in [0, 0.05) is 32.4 Å². The summed E-state index contributed by atoms with van der Waals surface area (Å²) in [6, 6.07) is 6.39. The molecule has 0 N–H and O–H groups in total. The van der Waals surface area contributed by atoms with Crippen molar-refractivity contribution < 1.29 is 17.2 Å². The molecule has 9 heteroatoms. The lowest BCUT2D eigenvalue weighted by atomic mass is 10.3. The summed E-state index contributed by atoms with van der Waals surface area (Å²) in [5.74, 6) is -1.62. The lowest BCUT2D eigenvalue weighted by molar-refractivity contribution is 0.377. The number of hydrogen-bond donors (Lipinski definition) is 0. The topological polar surface area (TPSA) is 53.5 Å².